The maximum absolute atomic E-state index is 3.55. The van der Waals surface area contributed by atoms with E-state index in [4.69, 9.17) is 0 Å². The lowest BCUT2D eigenvalue weighted by Crippen LogP contribution is -2.43. The molecule has 1 aromatic rings. The van der Waals surface area contributed by atoms with Crippen molar-refractivity contribution in [2.75, 3.05) is 13.1 Å². The van der Waals surface area contributed by atoms with Gasteiger partial charge < -0.3 is 5.32 Å². The van der Waals surface area contributed by atoms with Gasteiger partial charge in [-0.05, 0) is 24.4 Å². The minimum absolute atomic E-state index is 0.574. The Morgan fingerprint density at radius 2 is 2.12 bits per heavy atom. The Bertz CT molecular complexity index is 282. The molecule has 1 atom stereocenters. The predicted molar refractivity (Wildman–Crippen MR) is 77.6 cm³/mol. The number of rotatable bonds is 8. The third-order valence-electron chi connectivity index (χ3n) is 3.09. The van der Waals surface area contributed by atoms with Crippen molar-refractivity contribution in [3.63, 3.8) is 0 Å². The molecule has 1 rings (SSSR count). The fourth-order valence-electron chi connectivity index (χ4n) is 2.01. The molecule has 3 heteroatoms. The number of hydrogen-bond donors (Lipinski definition) is 1. The summed E-state index contributed by atoms with van der Waals surface area (Å²) in [6, 6.07) is 5.59. The second-order valence-electron chi connectivity index (χ2n) is 4.77. The van der Waals surface area contributed by atoms with Crippen molar-refractivity contribution < 1.29 is 0 Å². The molecule has 1 N–H and O–H groups in total. The Balaban J connectivity index is 2.50. The molecule has 0 aliphatic carbocycles. The lowest BCUT2D eigenvalue weighted by atomic mass is 10.1. The molecule has 0 amide bonds. The van der Waals surface area contributed by atoms with E-state index in [0.717, 1.165) is 19.6 Å². The molecular formula is C14H26N2S. The van der Waals surface area contributed by atoms with Gasteiger partial charge in [-0.25, -0.2) is 0 Å². The van der Waals surface area contributed by atoms with Gasteiger partial charge >= 0.3 is 0 Å². The van der Waals surface area contributed by atoms with Crippen molar-refractivity contribution in [1.29, 1.82) is 0 Å². The monoisotopic (exact) mass is 254 g/mol. The quantitative estimate of drug-likeness (QED) is 0.765. The smallest absolute Gasteiger partial charge is 0.0331 e. The van der Waals surface area contributed by atoms with Crippen LogP contribution in [0.5, 0.6) is 0 Å². The Hall–Kier alpha value is -0.380. The summed E-state index contributed by atoms with van der Waals surface area (Å²) in [6.07, 6.45) is 1.21. The van der Waals surface area contributed by atoms with Gasteiger partial charge in [0.2, 0.25) is 0 Å². The van der Waals surface area contributed by atoms with Crippen LogP contribution >= 0.6 is 11.3 Å². The number of likely N-dealkylation sites (N-methyl/N-ethyl adjacent to an activating group) is 1. The molecular weight excluding hydrogens is 228 g/mol. The van der Waals surface area contributed by atoms with Gasteiger partial charge in [-0.1, -0.05) is 33.8 Å². The van der Waals surface area contributed by atoms with E-state index >= 15 is 0 Å². The van der Waals surface area contributed by atoms with E-state index in [1.54, 1.807) is 0 Å². The first kappa shape index (κ1) is 14.7. The molecule has 0 radical (unpaired) electrons. The Morgan fingerprint density at radius 1 is 1.35 bits per heavy atom. The standard InChI is InChI=1S/C14H26N2S/c1-5-13(10-15-12(3)4)16(6-2)11-14-8-7-9-17-14/h7-9,12-13,15H,5-6,10-11H2,1-4H3. The van der Waals surface area contributed by atoms with Crippen molar-refractivity contribution in [2.45, 2.75) is 52.7 Å². The van der Waals surface area contributed by atoms with Crippen LogP contribution in [0.3, 0.4) is 0 Å². The summed E-state index contributed by atoms with van der Waals surface area (Å²) >= 11 is 1.86. The van der Waals surface area contributed by atoms with Crippen molar-refractivity contribution in [1.82, 2.24) is 10.2 Å². The van der Waals surface area contributed by atoms with Crippen LogP contribution in [0.2, 0.25) is 0 Å². The van der Waals surface area contributed by atoms with Gasteiger partial charge in [0.25, 0.3) is 0 Å². The highest BCUT2D eigenvalue weighted by atomic mass is 32.1. The van der Waals surface area contributed by atoms with Gasteiger partial charge in [-0.15, -0.1) is 11.3 Å². The van der Waals surface area contributed by atoms with Gasteiger partial charge in [0.15, 0.2) is 0 Å². The largest absolute Gasteiger partial charge is 0.313 e. The minimum atomic E-state index is 0.574. The topological polar surface area (TPSA) is 15.3 Å². The zero-order chi connectivity index (χ0) is 12.7. The first-order chi connectivity index (χ1) is 8.17. The lowest BCUT2D eigenvalue weighted by molar-refractivity contribution is 0.186. The molecule has 0 fully saturated rings. The summed E-state index contributed by atoms with van der Waals surface area (Å²) in [6.45, 7) is 12.3. The average molecular weight is 254 g/mol. The number of thiophene rings is 1. The highest BCUT2D eigenvalue weighted by Crippen LogP contribution is 2.14. The summed E-state index contributed by atoms with van der Waals surface area (Å²) in [5, 5.41) is 5.72. The second kappa shape index (κ2) is 7.85. The van der Waals surface area contributed by atoms with Gasteiger partial charge in [0.1, 0.15) is 0 Å². The Labute approximate surface area is 110 Å². The van der Waals surface area contributed by atoms with Crippen molar-refractivity contribution in [3.8, 4) is 0 Å². The molecule has 2 nitrogen and oxygen atoms in total. The molecule has 0 aromatic carbocycles. The zero-order valence-electron chi connectivity index (χ0n) is 11.6. The molecule has 0 aliphatic heterocycles. The molecule has 0 spiro atoms. The van der Waals surface area contributed by atoms with Crippen molar-refractivity contribution >= 4 is 11.3 Å². The summed E-state index contributed by atoms with van der Waals surface area (Å²) in [4.78, 5) is 4.04. The minimum Gasteiger partial charge on any atom is -0.313 e. The van der Waals surface area contributed by atoms with Gasteiger partial charge in [-0.2, -0.15) is 0 Å². The number of nitrogens with one attached hydrogen (secondary N) is 1. The van der Waals surface area contributed by atoms with Crippen molar-refractivity contribution in [3.05, 3.63) is 22.4 Å². The molecule has 1 aromatic heterocycles. The molecule has 17 heavy (non-hydrogen) atoms. The van der Waals surface area contributed by atoms with E-state index in [-0.39, 0.29) is 0 Å². The van der Waals surface area contributed by atoms with Crippen LogP contribution in [0.15, 0.2) is 17.5 Å². The van der Waals surface area contributed by atoms with E-state index in [0.29, 0.717) is 12.1 Å². The van der Waals surface area contributed by atoms with Gasteiger partial charge in [0, 0.05) is 30.1 Å². The van der Waals surface area contributed by atoms with Gasteiger partial charge in [-0.3, -0.25) is 4.90 Å². The molecule has 0 bridgehead atoms. The molecule has 98 valence electrons. The summed E-state index contributed by atoms with van der Waals surface area (Å²) in [7, 11) is 0. The predicted octanol–water partition coefficient (Wildman–Crippen LogP) is 3.35. The number of nitrogens with zero attached hydrogens (tertiary/aromatic N) is 1. The third kappa shape index (κ3) is 5.19. The molecule has 0 aliphatic rings. The third-order valence-corrected chi connectivity index (χ3v) is 3.96. The van der Waals surface area contributed by atoms with E-state index < -0.39 is 0 Å². The first-order valence-electron chi connectivity index (χ1n) is 6.67. The maximum atomic E-state index is 3.55. The fraction of sp³-hybridized carbons (Fsp3) is 0.714. The first-order valence-corrected chi connectivity index (χ1v) is 7.55. The van der Waals surface area contributed by atoms with E-state index in [1.165, 1.54) is 11.3 Å². The maximum Gasteiger partial charge on any atom is 0.0331 e. The van der Waals surface area contributed by atoms with E-state index in [1.807, 2.05) is 11.3 Å². The van der Waals surface area contributed by atoms with Crippen LogP contribution in [0.25, 0.3) is 0 Å². The van der Waals surface area contributed by atoms with E-state index in [2.05, 4.69) is 55.4 Å². The molecule has 0 saturated carbocycles. The fourth-order valence-corrected chi connectivity index (χ4v) is 2.73. The Morgan fingerprint density at radius 3 is 2.59 bits per heavy atom. The molecule has 1 unspecified atom stereocenters. The summed E-state index contributed by atoms with van der Waals surface area (Å²) < 4.78 is 0. The van der Waals surface area contributed by atoms with Crippen LogP contribution in [-0.4, -0.2) is 30.1 Å². The van der Waals surface area contributed by atoms with Crippen LogP contribution in [0, 0.1) is 0 Å². The van der Waals surface area contributed by atoms with Gasteiger partial charge in [0.05, 0.1) is 0 Å². The Kier molecular flexibility index (Phi) is 6.78. The normalized spacial score (nSPS) is 13.5. The molecule has 1 heterocycles. The van der Waals surface area contributed by atoms with Crippen LogP contribution in [-0.2, 0) is 6.54 Å². The highest BCUT2D eigenvalue weighted by molar-refractivity contribution is 7.09. The van der Waals surface area contributed by atoms with Crippen LogP contribution in [0.4, 0.5) is 0 Å². The highest BCUT2D eigenvalue weighted by Gasteiger charge is 2.15. The molecule has 0 saturated heterocycles. The lowest BCUT2D eigenvalue weighted by Gasteiger charge is -2.30. The SMILES string of the molecule is CCC(CNC(C)C)N(CC)Cc1cccs1. The van der Waals surface area contributed by atoms with E-state index in [9.17, 15) is 0 Å². The van der Waals surface area contributed by atoms with Crippen LogP contribution in [0.1, 0.15) is 39.0 Å². The zero-order valence-corrected chi connectivity index (χ0v) is 12.4. The second-order valence-corrected chi connectivity index (χ2v) is 5.80. The number of hydrogen-bond acceptors (Lipinski definition) is 3. The average Bonchev–Trinajstić information content (AvgIpc) is 2.80. The van der Waals surface area contributed by atoms with Crippen LogP contribution < -0.4 is 5.32 Å². The van der Waals surface area contributed by atoms with Crippen molar-refractivity contribution in [2.24, 2.45) is 0 Å². The summed E-state index contributed by atoms with van der Waals surface area (Å²) in [5.41, 5.74) is 0. The summed E-state index contributed by atoms with van der Waals surface area (Å²) in [5.74, 6) is 0.